The van der Waals surface area contributed by atoms with Crippen LogP contribution in [0.15, 0.2) is 61.3 Å². The Morgan fingerprint density at radius 2 is 1.76 bits per heavy atom. The molecule has 0 saturated heterocycles. The molecule has 0 aromatic carbocycles. The van der Waals surface area contributed by atoms with E-state index in [1.54, 1.807) is 30.9 Å². The number of amides is 1. The molecule has 0 spiro atoms. The highest BCUT2D eigenvalue weighted by atomic mass is 16.1. The van der Waals surface area contributed by atoms with Gasteiger partial charge in [-0.05, 0) is 35.9 Å². The van der Waals surface area contributed by atoms with Gasteiger partial charge in [0.1, 0.15) is 0 Å². The maximum absolute atomic E-state index is 11.4. The van der Waals surface area contributed by atoms with Crippen LogP contribution in [0.2, 0.25) is 0 Å². The zero-order valence-electron chi connectivity index (χ0n) is 11.1. The fraction of sp³-hybridized carbons (Fsp3) is 0. The van der Waals surface area contributed by atoms with Gasteiger partial charge in [0.05, 0.1) is 11.3 Å². The van der Waals surface area contributed by atoms with Crippen LogP contribution in [0.4, 0.5) is 0 Å². The van der Waals surface area contributed by atoms with E-state index in [1.807, 2.05) is 24.3 Å². The van der Waals surface area contributed by atoms with Crippen LogP contribution >= 0.6 is 0 Å². The Labute approximate surface area is 121 Å². The number of pyridine rings is 3. The standard InChI is InChI=1S/C16H12N4O/c17-16(21)13-8-14(11-3-6-18-7-4-11)15(20-10-13)12-2-1-5-19-9-12/h1-10H,(H2,17,21). The second-order valence-corrected chi connectivity index (χ2v) is 4.46. The highest BCUT2D eigenvalue weighted by Gasteiger charge is 2.12. The average molecular weight is 276 g/mol. The van der Waals surface area contributed by atoms with Crippen molar-refractivity contribution in [3.8, 4) is 22.4 Å². The Kier molecular flexibility index (Phi) is 3.39. The maximum atomic E-state index is 11.4. The maximum Gasteiger partial charge on any atom is 0.250 e. The molecule has 0 unspecified atom stereocenters. The topological polar surface area (TPSA) is 81.8 Å². The molecular weight excluding hydrogens is 264 g/mol. The zero-order chi connectivity index (χ0) is 14.7. The van der Waals surface area contributed by atoms with Gasteiger partial charge in [-0.15, -0.1) is 0 Å². The van der Waals surface area contributed by atoms with Crippen LogP contribution < -0.4 is 5.73 Å². The quantitative estimate of drug-likeness (QED) is 0.795. The highest BCUT2D eigenvalue weighted by molar-refractivity contribution is 5.95. The molecule has 3 aromatic rings. The van der Waals surface area contributed by atoms with E-state index < -0.39 is 5.91 Å². The molecule has 0 saturated carbocycles. The summed E-state index contributed by atoms with van der Waals surface area (Å²) < 4.78 is 0. The summed E-state index contributed by atoms with van der Waals surface area (Å²) in [6.07, 6.45) is 8.30. The molecule has 0 bridgehead atoms. The van der Waals surface area contributed by atoms with Crippen molar-refractivity contribution in [1.29, 1.82) is 0 Å². The van der Waals surface area contributed by atoms with Gasteiger partial charge in [0.15, 0.2) is 0 Å². The molecule has 5 heteroatoms. The van der Waals surface area contributed by atoms with Gasteiger partial charge in [-0.1, -0.05) is 0 Å². The van der Waals surface area contributed by atoms with Gasteiger partial charge in [-0.2, -0.15) is 0 Å². The molecule has 1 amide bonds. The number of nitrogens with two attached hydrogens (primary N) is 1. The summed E-state index contributed by atoms with van der Waals surface area (Å²) >= 11 is 0. The van der Waals surface area contributed by atoms with Crippen molar-refractivity contribution in [2.45, 2.75) is 0 Å². The Hall–Kier alpha value is -3.08. The first-order valence-electron chi connectivity index (χ1n) is 6.36. The van der Waals surface area contributed by atoms with Crippen molar-refractivity contribution < 1.29 is 4.79 Å². The third-order valence-electron chi connectivity index (χ3n) is 3.10. The Morgan fingerprint density at radius 3 is 2.43 bits per heavy atom. The van der Waals surface area contributed by atoms with E-state index in [2.05, 4.69) is 15.0 Å². The Balaban J connectivity index is 2.23. The van der Waals surface area contributed by atoms with E-state index >= 15 is 0 Å². The van der Waals surface area contributed by atoms with Crippen LogP contribution in [0.1, 0.15) is 10.4 Å². The van der Waals surface area contributed by atoms with Crippen molar-refractivity contribution in [2.75, 3.05) is 0 Å². The van der Waals surface area contributed by atoms with Crippen LogP contribution in [-0.4, -0.2) is 20.9 Å². The Bertz CT molecular complexity index is 773. The van der Waals surface area contributed by atoms with Gasteiger partial charge in [-0.3, -0.25) is 19.7 Å². The molecule has 3 rings (SSSR count). The predicted octanol–water partition coefficient (Wildman–Crippen LogP) is 2.30. The molecule has 3 heterocycles. The highest BCUT2D eigenvalue weighted by Crippen LogP contribution is 2.30. The molecule has 0 aliphatic carbocycles. The summed E-state index contributed by atoms with van der Waals surface area (Å²) in [6.45, 7) is 0. The summed E-state index contributed by atoms with van der Waals surface area (Å²) in [6, 6.07) is 9.23. The van der Waals surface area contributed by atoms with Crippen LogP contribution in [0.3, 0.4) is 0 Å². The van der Waals surface area contributed by atoms with E-state index in [-0.39, 0.29) is 0 Å². The van der Waals surface area contributed by atoms with Crippen LogP contribution in [-0.2, 0) is 0 Å². The smallest absolute Gasteiger partial charge is 0.250 e. The summed E-state index contributed by atoms with van der Waals surface area (Å²) in [4.78, 5) is 23.9. The molecule has 2 N–H and O–H groups in total. The van der Waals surface area contributed by atoms with Gasteiger partial charge in [-0.25, -0.2) is 0 Å². The lowest BCUT2D eigenvalue weighted by molar-refractivity contribution is 0.1000. The van der Waals surface area contributed by atoms with E-state index in [1.165, 1.54) is 6.20 Å². The first-order chi connectivity index (χ1) is 10.3. The molecule has 0 radical (unpaired) electrons. The third-order valence-corrected chi connectivity index (χ3v) is 3.10. The van der Waals surface area contributed by atoms with Crippen molar-refractivity contribution in [1.82, 2.24) is 15.0 Å². The second-order valence-electron chi connectivity index (χ2n) is 4.46. The van der Waals surface area contributed by atoms with Gasteiger partial charge < -0.3 is 5.73 Å². The SMILES string of the molecule is NC(=O)c1cnc(-c2cccnc2)c(-c2ccncc2)c1. The summed E-state index contributed by atoms with van der Waals surface area (Å²) in [7, 11) is 0. The minimum atomic E-state index is -0.504. The minimum Gasteiger partial charge on any atom is -0.366 e. The summed E-state index contributed by atoms with van der Waals surface area (Å²) in [5, 5.41) is 0. The number of aromatic nitrogens is 3. The van der Waals surface area contributed by atoms with Crippen LogP contribution in [0, 0.1) is 0 Å². The lowest BCUT2D eigenvalue weighted by atomic mass is 9.99. The van der Waals surface area contributed by atoms with Gasteiger partial charge in [0.25, 0.3) is 0 Å². The zero-order valence-corrected chi connectivity index (χ0v) is 11.1. The molecule has 0 fully saturated rings. The first-order valence-corrected chi connectivity index (χ1v) is 6.36. The molecule has 0 aliphatic rings. The molecule has 102 valence electrons. The van der Waals surface area contributed by atoms with Gasteiger partial charge >= 0.3 is 0 Å². The number of carbonyl (C=O) groups is 1. The van der Waals surface area contributed by atoms with E-state index in [4.69, 9.17) is 5.73 Å². The second kappa shape index (κ2) is 5.50. The molecule has 21 heavy (non-hydrogen) atoms. The summed E-state index contributed by atoms with van der Waals surface area (Å²) in [5.41, 5.74) is 9.08. The lowest BCUT2D eigenvalue weighted by Crippen LogP contribution is -2.11. The van der Waals surface area contributed by atoms with Crippen molar-refractivity contribution in [2.24, 2.45) is 5.73 Å². The number of primary amides is 1. The monoisotopic (exact) mass is 276 g/mol. The lowest BCUT2D eigenvalue weighted by Gasteiger charge is -2.10. The Morgan fingerprint density at radius 1 is 0.952 bits per heavy atom. The number of hydrogen-bond donors (Lipinski definition) is 1. The van der Waals surface area contributed by atoms with Crippen LogP contribution in [0.25, 0.3) is 22.4 Å². The molecule has 3 aromatic heterocycles. The number of carbonyl (C=O) groups excluding carboxylic acids is 1. The molecule has 0 aliphatic heterocycles. The van der Waals surface area contributed by atoms with Gasteiger partial charge in [0.2, 0.25) is 5.91 Å². The fourth-order valence-corrected chi connectivity index (χ4v) is 2.08. The number of nitrogens with zero attached hydrogens (tertiary/aromatic N) is 3. The molecular formula is C16H12N4O. The number of rotatable bonds is 3. The average Bonchev–Trinajstić information content (AvgIpc) is 2.56. The van der Waals surface area contributed by atoms with E-state index in [9.17, 15) is 4.79 Å². The predicted molar refractivity (Wildman–Crippen MR) is 79.2 cm³/mol. The van der Waals surface area contributed by atoms with Gasteiger partial charge in [0, 0.05) is 42.1 Å². The molecule has 0 atom stereocenters. The third kappa shape index (κ3) is 2.62. The fourth-order valence-electron chi connectivity index (χ4n) is 2.08. The van der Waals surface area contributed by atoms with E-state index in [0.717, 1.165) is 22.4 Å². The largest absolute Gasteiger partial charge is 0.366 e. The van der Waals surface area contributed by atoms with Crippen molar-refractivity contribution >= 4 is 5.91 Å². The normalized spacial score (nSPS) is 10.3. The van der Waals surface area contributed by atoms with Crippen LogP contribution in [0.5, 0.6) is 0 Å². The molecule has 5 nitrogen and oxygen atoms in total. The van der Waals surface area contributed by atoms with Crippen molar-refractivity contribution in [3.63, 3.8) is 0 Å². The minimum absolute atomic E-state index is 0.370. The van der Waals surface area contributed by atoms with E-state index in [0.29, 0.717) is 5.56 Å². The van der Waals surface area contributed by atoms with Crippen molar-refractivity contribution in [3.05, 3.63) is 66.9 Å². The summed E-state index contributed by atoms with van der Waals surface area (Å²) in [5.74, 6) is -0.504. The number of hydrogen-bond acceptors (Lipinski definition) is 4. The first kappa shape index (κ1) is 12.9.